The molecule has 0 radical (unpaired) electrons. The molecule has 25 heavy (non-hydrogen) atoms. The molecular formula is C19H38N2O4. The van der Waals surface area contributed by atoms with Crippen molar-refractivity contribution < 1.29 is 19.4 Å². The first kappa shape index (κ1) is 25.7. The van der Waals surface area contributed by atoms with Crippen LogP contribution in [-0.4, -0.2) is 36.9 Å². The highest BCUT2D eigenvalue weighted by Gasteiger charge is 2.01. The molecule has 148 valence electrons. The number of hydrogen-bond donors (Lipinski definition) is 3. The second kappa shape index (κ2) is 20.5. The molecule has 4 N–H and O–H groups in total. The highest BCUT2D eigenvalue weighted by atomic mass is 16.5. The zero-order chi connectivity index (χ0) is 19.3. The number of rotatable bonds is 15. The molecule has 0 bridgehead atoms. The van der Waals surface area contributed by atoms with Crippen LogP contribution in [0.5, 0.6) is 0 Å². The molecular weight excluding hydrogens is 320 g/mol. The fourth-order valence-corrected chi connectivity index (χ4v) is 2.20. The summed E-state index contributed by atoms with van der Waals surface area (Å²) in [6, 6.07) is 0. The van der Waals surface area contributed by atoms with Crippen LogP contribution in [-0.2, 0) is 9.53 Å². The number of carbonyl (C=O) groups excluding carboxylic acids is 1. The number of nitrogens with one attached hydrogen (secondary N) is 1. The summed E-state index contributed by atoms with van der Waals surface area (Å²) in [6.45, 7) is 9.65. The Hall–Kier alpha value is -1.56. The summed E-state index contributed by atoms with van der Waals surface area (Å²) in [5, 5.41) is 10.5. The Morgan fingerprint density at radius 3 is 1.84 bits per heavy atom. The largest absolute Gasteiger partial charge is 0.465 e. The maximum Gasteiger partial charge on any atom is 0.402 e. The van der Waals surface area contributed by atoms with Gasteiger partial charge in [-0.1, -0.05) is 71.3 Å². The summed E-state index contributed by atoms with van der Waals surface area (Å²) in [4.78, 5) is 19.9. The van der Waals surface area contributed by atoms with Gasteiger partial charge in [0.1, 0.15) is 6.61 Å². The smallest absolute Gasteiger partial charge is 0.402 e. The number of esters is 1. The van der Waals surface area contributed by atoms with Crippen molar-refractivity contribution in [3.05, 3.63) is 12.2 Å². The van der Waals surface area contributed by atoms with Gasteiger partial charge in [-0.15, -0.1) is 0 Å². The van der Waals surface area contributed by atoms with Gasteiger partial charge in [0, 0.05) is 12.1 Å². The van der Waals surface area contributed by atoms with E-state index in [0.717, 1.165) is 13.1 Å². The number of nitrogens with two attached hydrogens (primary N) is 1. The average molecular weight is 359 g/mol. The third kappa shape index (κ3) is 27.6. The standard InChI is InChI=1S/C18H35NO2.CH3NO2/c1-4-5-6-7-8-9-10-11-12-13-14-19-15-16-21-18(20)17(2)3;2-1(3)4/h19H,2,4-16H2,1,3H3;2H2,(H,3,4). The lowest BCUT2D eigenvalue weighted by Crippen LogP contribution is -2.22. The third-order valence-corrected chi connectivity index (χ3v) is 3.57. The van der Waals surface area contributed by atoms with Gasteiger partial charge < -0.3 is 20.9 Å². The van der Waals surface area contributed by atoms with Crippen LogP contribution in [0, 0.1) is 0 Å². The van der Waals surface area contributed by atoms with Gasteiger partial charge in [0.15, 0.2) is 0 Å². The molecule has 0 aromatic carbocycles. The molecule has 0 unspecified atom stereocenters. The lowest BCUT2D eigenvalue weighted by atomic mass is 10.1. The van der Waals surface area contributed by atoms with Gasteiger partial charge in [-0.05, 0) is 19.9 Å². The predicted molar refractivity (Wildman–Crippen MR) is 103 cm³/mol. The highest BCUT2D eigenvalue weighted by Crippen LogP contribution is 2.10. The van der Waals surface area contributed by atoms with Gasteiger partial charge >= 0.3 is 12.1 Å². The van der Waals surface area contributed by atoms with E-state index in [0.29, 0.717) is 12.2 Å². The summed E-state index contributed by atoms with van der Waals surface area (Å²) in [6.07, 6.45) is 12.3. The first-order valence-electron chi connectivity index (χ1n) is 9.43. The average Bonchev–Trinajstić information content (AvgIpc) is 2.54. The van der Waals surface area contributed by atoms with E-state index in [1.807, 2.05) is 0 Å². The molecule has 6 nitrogen and oxygen atoms in total. The van der Waals surface area contributed by atoms with Gasteiger partial charge in [-0.25, -0.2) is 9.59 Å². The monoisotopic (exact) mass is 358 g/mol. The fraction of sp³-hybridized carbons (Fsp3) is 0.789. The summed E-state index contributed by atoms with van der Waals surface area (Å²) < 4.78 is 5.00. The van der Waals surface area contributed by atoms with Crippen molar-refractivity contribution in [3.8, 4) is 0 Å². The molecule has 0 aliphatic heterocycles. The van der Waals surface area contributed by atoms with Crippen LogP contribution >= 0.6 is 0 Å². The molecule has 0 aromatic rings. The minimum atomic E-state index is -1.33. The number of ether oxygens (including phenoxy) is 1. The summed E-state index contributed by atoms with van der Waals surface area (Å²) in [5.74, 6) is -0.296. The van der Waals surface area contributed by atoms with E-state index in [1.165, 1.54) is 64.2 Å². The van der Waals surface area contributed by atoms with E-state index in [9.17, 15) is 4.79 Å². The quantitative estimate of drug-likeness (QED) is 0.231. The van der Waals surface area contributed by atoms with Crippen LogP contribution in [0.15, 0.2) is 12.2 Å². The summed E-state index contributed by atoms with van der Waals surface area (Å²) >= 11 is 0. The van der Waals surface area contributed by atoms with Crippen molar-refractivity contribution in [1.29, 1.82) is 0 Å². The fourth-order valence-electron chi connectivity index (χ4n) is 2.20. The molecule has 0 aliphatic carbocycles. The molecule has 0 saturated carbocycles. The molecule has 0 fully saturated rings. The Kier molecular flexibility index (Phi) is 21.0. The van der Waals surface area contributed by atoms with Crippen LogP contribution in [0.3, 0.4) is 0 Å². The first-order valence-corrected chi connectivity index (χ1v) is 9.43. The van der Waals surface area contributed by atoms with Crippen LogP contribution < -0.4 is 11.1 Å². The van der Waals surface area contributed by atoms with Gasteiger partial charge in [-0.3, -0.25) is 0 Å². The topological polar surface area (TPSA) is 102 Å². The Bertz CT molecular complexity index is 342. The second-order valence-corrected chi connectivity index (χ2v) is 6.19. The normalized spacial score (nSPS) is 9.84. The minimum absolute atomic E-state index is 0.296. The molecule has 0 aliphatic rings. The number of amides is 1. The van der Waals surface area contributed by atoms with E-state index < -0.39 is 6.09 Å². The molecule has 0 rings (SSSR count). The van der Waals surface area contributed by atoms with Crippen LogP contribution in [0.2, 0.25) is 0 Å². The van der Waals surface area contributed by atoms with Crippen molar-refractivity contribution in [2.24, 2.45) is 5.73 Å². The van der Waals surface area contributed by atoms with E-state index in [2.05, 4.69) is 24.6 Å². The number of primary amides is 1. The van der Waals surface area contributed by atoms with Gasteiger partial charge in [0.05, 0.1) is 0 Å². The molecule has 1 amide bonds. The SMILES string of the molecule is C=C(C)C(=O)OCCNCCCCCCCCCCCC.NC(=O)O. The highest BCUT2D eigenvalue weighted by molar-refractivity contribution is 5.86. The van der Waals surface area contributed by atoms with Crippen LogP contribution in [0.1, 0.15) is 78.1 Å². The van der Waals surface area contributed by atoms with Crippen LogP contribution in [0.25, 0.3) is 0 Å². The zero-order valence-electron chi connectivity index (χ0n) is 16.1. The summed E-state index contributed by atoms with van der Waals surface area (Å²) in [5.41, 5.74) is 4.49. The first-order chi connectivity index (χ1) is 11.9. The number of hydrogen-bond acceptors (Lipinski definition) is 4. The molecule has 0 heterocycles. The minimum Gasteiger partial charge on any atom is -0.465 e. The summed E-state index contributed by atoms with van der Waals surface area (Å²) in [7, 11) is 0. The maximum atomic E-state index is 11.1. The predicted octanol–water partition coefficient (Wildman–Crippen LogP) is 4.24. The van der Waals surface area contributed by atoms with Gasteiger partial charge in [0.2, 0.25) is 0 Å². The van der Waals surface area contributed by atoms with Gasteiger partial charge in [0.25, 0.3) is 0 Å². The van der Waals surface area contributed by atoms with E-state index in [1.54, 1.807) is 6.92 Å². The Labute approximate surface area is 153 Å². The lowest BCUT2D eigenvalue weighted by Gasteiger charge is -2.06. The molecule has 0 spiro atoms. The Balaban J connectivity index is 0. The van der Waals surface area contributed by atoms with E-state index in [-0.39, 0.29) is 5.97 Å². The number of carboxylic acid groups (broad SMARTS) is 1. The third-order valence-electron chi connectivity index (χ3n) is 3.57. The van der Waals surface area contributed by atoms with E-state index in [4.69, 9.17) is 14.6 Å². The van der Waals surface area contributed by atoms with E-state index >= 15 is 0 Å². The molecule has 6 heteroatoms. The number of carbonyl (C=O) groups is 2. The van der Waals surface area contributed by atoms with Crippen molar-refractivity contribution in [3.63, 3.8) is 0 Å². The van der Waals surface area contributed by atoms with Crippen molar-refractivity contribution in [1.82, 2.24) is 5.32 Å². The molecule has 0 saturated heterocycles. The Morgan fingerprint density at radius 2 is 1.40 bits per heavy atom. The number of unbranched alkanes of at least 4 members (excludes halogenated alkanes) is 9. The van der Waals surface area contributed by atoms with Crippen molar-refractivity contribution in [2.45, 2.75) is 78.1 Å². The molecule has 0 aromatic heterocycles. The molecule has 0 atom stereocenters. The van der Waals surface area contributed by atoms with Crippen molar-refractivity contribution >= 4 is 12.1 Å². The van der Waals surface area contributed by atoms with Gasteiger partial charge in [-0.2, -0.15) is 0 Å². The lowest BCUT2D eigenvalue weighted by molar-refractivity contribution is -0.138. The second-order valence-electron chi connectivity index (χ2n) is 6.19. The zero-order valence-corrected chi connectivity index (χ0v) is 16.1. The Morgan fingerprint density at radius 1 is 0.960 bits per heavy atom. The van der Waals surface area contributed by atoms with Crippen molar-refractivity contribution in [2.75, 3.05) is 19.7 Å². The maximum absolute atomic E-state index is 11.1. The van der Waals surface area contributed by atoms with Crippen LogP contribution in [0.4, 0.5) is 4.79 Å².